The lowest BCUT2D eigenvalue weighted by Crippen LogP contribution is -2.45. The van der Waals surface area contributed by atoms with Crippen LogP contribution in [0.3, 0.4) is 0 Å². The molecular weight excluding hydrogens is 412 g/mol. The standard InChI is InChI=1S/C25H25ClN2O3/c1-2-27-25(30)24(20-13-7-4-8-14-20)28(17-19-11-5-3-6-12-19)23(29)18-31-22-16-10-9-15-21(22)26/h3-16,24H,2,17-18H2,1H3,(H,27,30)/t24-/m1/s1. The first-order valence-corrected chi connectivity index (χ1v) is 10.5. The van der Waals surface area contributed by atoms with Gasteiger partial charge in [-0.15, -0.1) is 0 Å². The maximum Gasteiger partial charge on any atom is 0.261 e. The summed E-state index contributed by atoms with van der Waals surface area (Å²) in [6, 6.07) is 25.0. The number of nitrogens with zero attached hydrogens (tertiary/aromatic N) is 1. The number of carbonyl (C=O) groups is 2. The Morgan fingerprint density at radius 1 is 0.935 bits per heavy atom. The number of hydrogen-bond donors (Lipinski definition) is 1. The molecule has 0 aliphatic heterocycles. The average molecular weight is 437 g/mol. The van der Waals surface area contributed by atoms with Crippen molar-refractivity contribution in [2.24, 2.45) is 0 Å². The zero-order valence-electron chi connectivity index (χ0n) is 17.3. The largest absolute Gasteiger partial charge is 0.482 e. The second-order valence-electron chi connectivity index (χ2n) is 6.93. The maximum atomic E-state index is 13.3. The van der Waals surface area contributed by atoms with E-state index in [0.717, 1.165) is 11.1 Å². The van der Waals surface area contributed by atoms with Gasteiger partial charge in [0.15, 0.2) is 6.61 Å². The molecule has 0 saturated carbocycles. The summed E-state index contributed by atoms with van der Waals surface area (Å²) in [5.74, 6) is -0.133. The molecule has 0 saturated heterocycles. The zero-order valence-corrected chi connectivity index (χ0v) is 18.1. The van der Waals surface area contributed by atoms with Crippen LogP contribution in [0.25, 0.3) is 0 Å². The van der Waals surface area contributed by atoms with E-state index in [1.807, 2.05) is 67.6 Å². The van der Waals surface area contributed by atoms with Crippen LogP contribution in [-0.2, 0) is 16.1 Å². The molecule has 1 N–H and O–H groups in total. The van der Waals surface area contributed by atoms with Crippen molar-refractivity contribution in [2.45, 2.75) is 19.5 Å². The first-order chi connectivity index (χ1) is 15.1. The Balaban J connectivity index is 1.92. The summed E-state index contributed by atoms with van der Waals surface area (Å²) < 4.78 is 5.69. The lowest BCUT2D eigenvalue weighted by molar-refractivity contribution is -0.143. The molecule has 0 heterocycles. The molecule has 6 heteroatoms. The van der Waals surface area contributed by atoms with Crippen LogP contribution < -0.4 is 10.1 Å². The molecule has 160 valence electrons. The fourth-order valence-corrected chi connectivity index (χ4v) is 3.46. The third kappa shape index (κ3) is 6.09. The summed E-state index contributed by atoms with van der Waals surface area (Å²) in [6.45, 7) is 2.34. The highest BCUT2D eigenvalue weighted by Crippen LogP contribution is 2.26. The molecule has 0 aromatic heterocycles. The van der Waals surface area contributed by atoms with Crippen molar-refractivity contribution < 1.29 is 14.3 Å². The van der Waals surface area contributed by atoms with Crippen LogP contribution in [-0.4, -0.2) is 29.9 Å². The summed E-state index contributed by atoms with van der Waals surface area (Å²) in [6.07, 6.45) is 0. The summed E-state index contributed by atoms with van der Waals surface area (Å²) in [5, 5.41) is 3.28. The highest BCUT2D eigenvalue weighted by Gasteiger charge is 2.31. The Morgan fingerprint density at radius 2 is 1.55 bits per heavy atom. The molecule has 3 aromatic carbocycles. The predicted molar refractivity (Wildman–Crippen MR) is 122 cm³/mol. The number of ether oxygens (including phenoxy) is 1. The molecule has 0 unspecified atom stereocenters. The van der Waals surface area contributed by atoms with E-state index in [1.54, 1.807) is 29.2 Å². The Hall–Kier alpha value is -3.31. The lowest BCUT2D eigenvalue weighted by Gasteiger charge is -2.31. The zero-order chi connectivity index (χ0) is 22.1. The van der Waals surface area contributed by atoms with E-state index in [1.165, 1.54) is 0 Å². The molecule has 1 atom stereocenters. The third-order valence-electron chi connectivity index (χ3n) is 4.73. The Labute approximate surface area is 187 Å². The smallest absolute Gasteiger partial charge is 0.261 e. The number of amides is 2. The number of rotatable bonds is 9. The van der Waals surface area contributed by atoms with Crippen LogP contribution in [0.4, 0.5) is 0 Å². The highest BCUT2D eigenvalue weighted by molar-refractivity contribution is 6.32. The van der Waals surface area contributed by atoms with E-state index in [0.29, 0.717) is 17.3 Å². The van der Waals surface area contributed by atoms with Gasteiger partial charge < -0.3 is 15.0 Å². The van der Waals surface area contributed by atoms with E-state index in [9.17, 15) is 9.59 Å². The van der Waals surface area contributed by atoms with Crippen LogP contribution in [0, 0.1) is 0 Å². The fourth-order valence-electron chi connectivity index (χ4n) is 3.27. The minimum Gasteiger partial charge on any atom is -0.482 e. The van der Waals surface area contributed by atoms with Crippen molar-refractivity contribution in [3.8, 4) is 5.75 Å². The van der Waals surface area contributed by atoms with Crippen LogP contribution >= 0.6 is 11.6 Å². The van der Waals surface area contributed by atoms with Gasteiger partial charge in [0.1, 0.15) is 11.8 Å². The molecule has 3 aromatic rings. The minimum absolute atomic E-state index is 0.237. The molecule has 5 nitrogen and oxygen atoms in total. The van der Waals surface area contributed by atoms with E-state index in [4.69, 9.17) is 16.3 Å². The number of carbonyl (C=O) groups excluding carboxylic acids is 2. The fraction of sp³-hybridized carbons (Fsp3) is 0.200. The van der Waals surface area contributed by atoms with Crippen molar-refractivity contribution in [3.05, 3.63) is 101 Å². The number of nitrogens with one attached hydrogen (secondary N) is 1. The van der Waals surface area contributed by atoms with Crippen LogP contribution in [0.2, 0.25) is 5.02 Å². The van der Waals surface area contributed by atoms with Gasteiger partial charge in [0.05, 0.1) is 5.02 Å². The molecule has 31 heavy (non-hydrogen) atoms. The van der Waals surface area contributed by atoms with Crippen molar-refractivity contribution in [1.82, 2.24) is 10.2 Å². The van der Waals surface area contributed by atoms with Crippen molar-refractivity contribution in [2.75, 3.05) is 13.2 Å². The first kappa shape index (κ1) is 22.4. The number of benzene rings is 3. The molecule has 0 radical (unpaired) electrons. The Bertz CT molecular complexity index is 996. The molecule has 3 rings (SSSR count). The lowest BCUT2D eigenvalue weighted by atomic mass is 10.0. The first-order valence-electron chi connectivity index (χ1n) is 10.1. The molecule has 0 aliphatic rings. The van der Waals surface area contributed by atoms with Gasteiger partial charge in [0, 0.05) is 13.1 Å². The van der Waals surface area contributed by atoms with E-state index in [-0.39, 0.29) is 25.0 Å². The maximum absolute atomic E-state index is 13.3. The quantitative estimate of drug-likeness (QED) is 0.532. The Morgan fingerprint density at radius 3 is 2.19 bits per heavy atom. The van der Waals surface area contributed by atoms with Gasteiger partial charge in [-0.3, -0.25) is 9.59 Å². The minimum atomic E-state index is -0.788. The summed E-state index contributed by atoms with van der Waals surface area (Å²) >= 11 is 6.15. The van der Waals surface area contributed by atoms with Crippen molar-refractivity contribution in [1.29, 1.82) is 0 Å². The van der Waals surface area contributed by atoms with Gasteiger partial charge in [-0.2, -0.15) is 0 Å². The van der Waals surface area contributed by atoms with Gasteiger partial charge in [0.25, 0.3) is 5.91 Å². The molecular formula is C25H25ClN2O3. The van der Waals surface area contributed by atoms with Gasteiger partial charge in [0.2, 0.25) is 5.91 Å². The number of hydrogen-bond acceptors (Lipinski definition) is 3. The van der Waals surface area contributed by atoms with Gasteiger partial charge >= 0.3 is 0 Å². The Kier molecular flexibility index (Phi) is 8.07. The SMILES string of the molecule is CCNC(=O)[C@@H](c1ccccc1)N(Cc1ccccc1)C(=O)COc1ccccc1Cl. The van der Waals surface area contributed by atoms with Gasteiger partial charge in [-0.25, -0.2) is 0 Å². The number of para-hydroxylation sites is 1. The second kappa shape index (κ2) is 11.2. The van der Waals surface area contributed by atoms with Crippen LogP contribution in [0.15, 0.2) is 84.9 Å². The van der Waals surface area contributed by atoms with E-state index in [2.05, 4.69) is 5.32 Å². The predicted octanol–water partition coefficient (Wildman–Crippen LogP) is 4.63. The number of likely N-dealkylation sites (N-methyl/N-ethyl adjacent to an activating group) is 1. The monoisotopic (exact) mass is 436 g/mol. The normalized spacial score (nSPS) is 11.4. The summed E-state index contributed by atoms with van der Waals surface area (Å²) in [4.78, 5) is 27.9. The average Bonchev–Trinajstić information content (AvgIpc) is 2.79. The van der Waals surface area contributed by atoms with Gasteiger partial charge in [-0.05, 0) is 30.2 Å². The molecule has 0 aliphatic carbocycles. The van der Waals surface area contributed by atoms with E-state index >= 15 is 0 Å². The molecule has 2 amide bonds. The van der Waals surface area contributed by atoms with Crippen molar-refractivity contribution in [3.63, 3.8) is 0 Å². The second-order valence-corrected chi connectivity index (χ2v) is 7.34. The molecule has 0 fully saturated rings. The highest BCUT2D eigenvalue weighted by atomic mass is 35.5. The summed E-state index contributed by atoms with van der Waals surface area (Å²) in [7, 11) is 0. The van der Waals surface area contributed by atoms with Gasteiger partial charge in [-0.1, -0.05) is 84.4 Å². The topological polar surface area (TPSA) is 58.6 Å². The summed E-state index contributed by atoms with van der Waals surface area (Å²) in [5.41, 5.74) is 1.65. The van der Waals surface area contributed by atoms with Crippen molar-refractivity contribution >= 4 is 23.4 Å². The third-order valence-corrected chi connectivity index (χ3v) is 5.04. The van der Waals surface area contributed by atoms with E-state index < -0.39 is 6.04 Å². The number of halogens is 1. The molecule has 0 bridgehead atoms. The van der Waals surface area contributed by atoms with Crippen LogP contribution in [0.1, 0.15) is 24.1 Å². The molecule has 0 spiro atoms. The van der Waals surface area contributed by atoms with Crippen LogP contribution in [0.5, 0.6) is 5.75 Å².